The summed E-state index contributed by atoms with van der Waals surface area (Å²) in [7, 11) is 0. The van der Waals surface area contributed by atoms with E-state index in [0.717, 1.165) is 44.9 Å². The van der Waals surface area contributed by atoms with Gasteiger partial charge in [-0.05, 0) is 30.7 Å². The van der Waals surface area contributed by atoms with Gasteiger partial charge in [0.25, 0.3) is 0 Å². The lowest BCUT2D eigenvalue weighted by atomic mass is 10.2. The molecule has 136 valence electrons. The standard InChI is InChI=1S/C21H24N2O3/c24-20-16-26-21-15-18(7-8-19(20)21)25-14-4-9-22-10-12-23(13-11-22)17-5-2-1-3-6-17/h1-3,5-8,15-16,24H,4,9-14H2. The number of piperazine rings is 1. The molecular weight excluding hydrogens is 328 g/mol. The van der Waals surface area contributed by atoms with Gasteiger partial charge in [-0.1, -0.05) is 18.2 Å². The Kier molecular flexibility index (Phi) is 4.97. The van der Waals surface area contributed by atoms with Gasteiger partial charge < -0.3 is 19.2 Å². The monoisotopic (exact) mass is 352 g/mol. The van der Waals surface area contributed by atoms with E-state index in [2.05, 4.69) is 40.1 Å². The Bertz CT molecular complexity index is 839. The summed E-state index contributed by atoms with van der Waals surface area (Å²) in [4.78, 5) is 4.94. The first-order chi connectivity index (χ1) is 12.8. The van der Waals surface area contributed by atoms with Gasteiger partial charge in [0, 0.05) is 44.5 Å². The highest BCUT2D eigenvalue weighted by Crippen LogP contribution is 2.29. The molecule has 2 heterocycles. The predicted molar refractivity (Wildman–Crippen MR) is 103 cm³/mol. The third-order valence-corrected chi connectivity index (χ3v) is 4.91. The second-order valence-corrected chi connectivity index (χ2v) is 6.65. The normalized spacial score (nSPS) is 15.5. The number of rotatable bonds is 6. The average Bonchev–Trinajstić information content (AvgIpc) is 3.07. The molecule has 0 radical (unpaired) electrons. The maximum Gasteiger partial charge on any atom is 0.161 e. The Morgan fingerprint density at radius 3 is 2.62 bits per heavy atom. The fourth-order valence-corrected chi connectivity index (χ4v) is 3.43. The van der Waals surface area contributed by atoms with E-state index in [-0.39, 0.29) is 5.75 Å². The summed E-state index contributed by atoms with van der Waals surface area (Å²) in [5.74, 6) is 0.946. The van der Waals surface area contributed by atoms with Gasteiger partial charge in [0.15, 0.2) is 5.75 Å². The van der Waals surface area contributed by atoms with Gasteiger partial charge in [-0.25, -0.2) is 0 Å². The van der Waals surface area contributed by atoms with Crippen molar-refractivity contribution in [1.29, 1.82) is 0 Å². The van der Waals surface area contributed by atoms with Gasteiger partial charge in [-0.3, -0.25) is 4.90 Å². The fraction of sp³-hybridized carbons (Fsp3) is 0.333. The fourth-order valence-electron chi connectivity index (χ4n) is 3.43. The molecule has 26 heavy (non-hydrogen) atoms. The molecule has 5 nitrogen and oxygen atoms in total. The van der Waals surface area contributed by atoms with Crippen molar-refractivity contribution in [1.82, 2.24) is 4.90 Å². The summed E-state index contributed by atoms with van der Waals surface area (Å²) in [6.07, 6.45) is 2.34. The molecule has 2 aromatic carbocycles. The first-order valence-corrected chi connectivity index (χ1v) is 9.15. The molecule has 0 bridgehead atoms. The largest absolute Gasteiger partial charge is 0.504 e. The van der Waals surface area contributed by atoms with E-state index in [4.69, 9.17) is 9.15 Å². The van der Waals surface area contributed by atoms with Crippen LogP contribution < -0.4 is 9.64 Å². The molecule has 1 aliphatic heterocycles. The van der Waals surface area contributed by atoms with Crippen molar-refractivity contribution < 1.29 is 14.3 Å². The number of aromatic hydroxyl groups is 1. The summed E-state index contributed by atoms with van der Waals surface area (Å²) in [5, 5.41) is 10.3. The molecule has 0 amide bonds. The molecule has 3 aromatic rings. The zero-order chi connectivity index (χ0) is 17.8. The van der Waals surface area contributed by atoms with Crippen LogP contribution in [-0.2, 0) is 0 Å². The van der Waals surface area contributed by atoms with Crippen LogP contribution in [0.3, 0.4) is 0 Å². The third kappa shape index (κ3) is 3.78. The van der Waals surface area contributed by atoms with Crippen LogP contribution in [0.4, 0.5) is 5.69 Å². The first-order valence-electron chi connectivity index (χ1n) is 9.15. The number of fused-ring (bicyclic) bond motifs is 1. The van der Waals surface area contributed by atoms with E-state index in [9.17, 15) is 5.11 Å². The minimum absolute atomic E-state index is 0.168. The summed E-state index contributed by atoms with van der Waals surface area (Å²) in [6, 6.07) is 16.1. The number of furan rings is 1. The van der Waals surface area contributed by atoms with Crippen molar-refractivity contribution in [2.24, 2.45) is 0 Å². The van der Waals surface area contributed by atoms with Gasteiger partial charge in [0.2, 0.25) is 0 Å². The highest BCUT2D eigenvalue weighted by atomic mass is 16.5. The molecule has 1 aromatic heterocycles. The Balaban J connectivity index is 1.19. The Morgan fingerprint density at radius 1 is 1.00 bits per heavy atom. The van der Waals surface area contributed by atoms with Crippen molar-refractivity contribution >= 4 is 16.7 Å². The van der Waals surface area contributed by atoms with Crippen LogP contribution in [0.5, 0.6) is 11.5 Å². The number of ether oxygens (including phenoxy) is 1. The maximum atomic E-state index is 9.61. The molecule has 1 saturated heterocycles. The van der Waals surface area contributed by atoms with Crippen molar-refractivity contribution in [3.05, 3.63) is 54.8 Å². The number of hydrogen-bond acceptors (Lipinski definition) is 5. The third-order valence-electron chi connectivity index (χ3n) is 4.91. The van der Waals surface area contributed by atoms with Crippen LogP contribution in [0.2, 0.25) is 0 Å². The molecule has 0 aliphatic carbocycles. The van der Waals surface area contributed by atoms with Gasteiger partial charge in [0.1, 0.15) is 17.6 Å². The molecule has 1 aliphatic rings. The van der Waals surface area contributed by atoms with E-state index in [0.29, 0.717) is 17.6 Å². The molecule has 0 unspecified atom stereocenters. The van der Waals surface area contributed by atoms with Crippen molar-refractivity contribution in [2.75, 3.05) is 44.2 Å². The van der Waals surface area contributed by atoms with E-state index < -0.39 is 0 Å². The van der Waals surface area contributed by atoms with Crippen LogP contribution >= 0.6 is 0 Å². The summed E-state index contributed by atoms with van der Waals surface area (Å²) < 4.78 is 11.1. The van der Waals surface area contributed by atoms with E-state index in [1.54, 1.807) is 0 Å². The zero-order valence-corrected chi connectivity index (χ0v) is 14.8. The molecule has 5 heteroatoms. The van der Waals surface area contributed by atoms with Crippen LogP contribution in [0.25, 0.3) is 11.0 Å². The number of nitrogens with zero attached hydrogens (tertiary/aromatic N) is 2. The lowest BCUT2D eigenvalue weighted by molar-refractivity contribution is 0.225. The van der Waals surface area contributed by atoms with E-state index in [1.807, 2.05) is 18.2 Å². The highest BCUT2D eigenvalue weighted by molar-refractivity contribution is 5.84. The highest BCUT2D eigenvalue weighted by Gasteiger charge is 2.16. The van der Waals surface area contributed by atoms with Crippen LogP contribution in [0.1, 0.15) is 6.42 Å². The molecule has 4 rings (SSSR count). The predicted octanol–water partition coefficient (Wildman–Crippen LogP) is 3.73. The Hall–Kier alpha value is -2.66. The molecule has 1 fully saturated rings. The van der Waals surface area contributed by atoms with Crippen molar-refractivity contribution in [3.63, 3.8) is 0 Å². The maximum absolute atomic E-state index is 9.61. The van der Waals surface area contributed by atoms with Crippen LogP contribution in [0, 0.1) is 0 Å². The number of para-hydroxylation sites is 1. The second kappa shape index (κ2) is 7.70. The van der Waals surface area contributed by atoms with Gasteiger partial charge in [-0.2, -0.15) is 0 Å². The lowest BCUT2D eigenvalue weighted by Crippen LogP contribution is -2.46. The Labute approximate surface area is 153 Å². The molecular formula is C21H24N2O3. The van der Waals surface area contributed by atoms with Crippen LogP contribution in [0.15, 0.2) is 59.2 Å². The number of anilines is 1. The minimum Gasteiger partial charge on any atom is -0.504 e. The number of hydrogen-bond donors (Lipinski definition) is 1. The lowest BCUT2D eigenvalue weighted by Gasteiger charge is -2.36. The van der Waals surface area contributed by atoms with Gasteiger partial charge in [0.05, 0.1) is 12.0 Å². The quantitative estimate of drug-likeness (QED) is 0.685. The van der Waals surface area contributed by atoms with Gasteiger partial charge >= 0.3 is 0 Å². The summed E-state index contributed by atoms with van der Waals surface area (Å²) >= 11 is 0. The number of benzene rings is 2. The first kappa shape index (κ1) is 16.8. The minimum atomic E-state index is 0.168. The van der Waals surface area contributed by atoms with E-state index >= 15 is 0 Å². The molecule has 1 N–H and O–H groups in total. The van der Waals surface area contributed by atoms with Crippen LogP contribution in [-0.4, -0.2) is 49.3 Å². The topological polar surface area (TPSA) is 49.1 Å². The smallest absolute Gasteiger partial charge is 0.161 e. The Morgan fingerprint density at radius 2 is 1.81 bits per heavy atom. The van der Waals surface area contributed by atoms with Crippen molar-refractivity contribution in [3.8, 4) is 11.5 Å². The molecule has 0 spiro atoms. The summed E-state index contributed by atoms with van der Waals surface area (Å²) in [6.45, 7) is 6.05. The van der Waals surface area contributed by atoms with E-state index in [1.165, 1.54) is 12.0 Å². The summed E-state index contributed by atoms with van der Waals surface area (Å²) in [5.41, 5.74) is 1.96. The molecule has 0 saturated carbocycles. The average molecular weight is 352 g/mol. The zero-order valence-electron chi connectivity index (χ0n) is 14.8. The van der Waals surface area contributed by atoms with Crippen molar-refractivity contribution in [2.45, 2.75) is 6.42 Å². The van der Waals surface area contributed by atoms with Gasteiger partial charge in [-0.15, -0.1) is 0 Å². The SMILES string of the molecule is Oc1coc2cc(OCCCN3CCN(c4ccccc4)CC3)ccc12. The second-order valence-electron chi connectivity index (χ2n) is 6.65. The molecule has 0 atom stereocenters.